The van der Waals surface area contributed by atoms with Gasteiger partial charge in [0.05, 0.1) is 16.5 Å². The van der Waals surface area contributed by atoms with Crippen LogP contribution in [0.25, 0.3) is 10.8 Å². The molecule has 2 aliphatic rings. The van der Waals surface area contributed by atoms with Crippen LogP contribution in [0.2, 0.25) is 0 Å². The molecule has 0 fully saturated rings. The van der Waals surface area contributed by atoms with Crippen LogP contribution >= 0.6 is 0 Å². The number of hydrogen-bond acceptors (Lipinski definition) is 3. The number of benzene rings is 3. The van der Waals surface area contributed by atoms with Crippen molar-refractivity contribution in [3.05, 3.63) is 94.1 Å². The Kier molecular flexibility index (Phi) is 3.32. The number of para-hydroxylation sites is 1. The van der Waals surface area contributed by atoms with E-state index in [1.54, 1.807) is 12.1 Å². The molecule has 0 bridgehead atoms. The maximum atomic E-state index is 11.6. The fourth-order valence-corrected chi connectivity index (χ4v) is 4.56. The van der Waals surface area contributed by atoms with Crippen LogP contribution in [-0.2, 0) is 0 Å². The molecule has 0 radical (unpaired) electrons. The van der Waals surface area contributed by atoms with Crippen molar-refractivity contribution in [1.29, 1.82) is 0 Å². The molecule has 1 N–H and O–H groups in total. The lowest BCUT2D eigenvalue weighted by molar-refractivity contribution is -0.385. The molecule has 0 amide bonds. The van der Waals surface area contributed by atoms with Crippen molar-refractivity contribution in [3.63, 3.8) is 0 Å². The lowest BCUT2D eigenvalue weighted by atomic mass is 9.76. The Morgan fingerprint density at radius 2 is 1.77 bits per heavy atom. The van der Waals surface area contributed by atoms with E-state index >= 15 is 0 Å². The zero-order chi connectivity index (χ0) is 17.7. The van der Waals surface area contributed by atoms with E-state index in [1.165, 1.54) is 16.3 Å². The lowest BCUT2D eigenvalue weighted by Crippen LogP contribution is -2.29. The normalized spacial score (nSPS) is 23.3. The SMILES string of the molecule is O=[N+]([O-])c1ccccc1C1Nc2c(ccc3ccccc23)C2C=CCC21. The summed E-state index contributed by atoms with van der Waals surface area (Å²) in [6.45, 7) is 0. The third-order valence-electron chi connectivity index (χ3n) is 5.73. The highest BCUT2D eigenvalue weighted by atomic mass is 16.6. The first-order valence-electron chi connectivity index (χ1n) is 8.92. The first-order chi connectivity index (χ1) is 12.7. The van der Waals surface area contributed by atoms with Crippen LogP contribution in [0.5, 0.6) is 0 Å². The van der Waals surface area contributed by atoms with E-state index in [-0.39, 0.29) is 16.7 Å². The topological polar surface area (TPSA) is 55.2 Å². The van der Waals surface area contributed by atoms with E-state index in [1.807, 2.05) is 24.3 Å². The van der Waals surface area contributed by atoms with Gasteiger partial charge in [-0.3, -0.25) is 10.1 Å². The molecule has 3 aromatic carbocycles. The summed E-state index contributed by atoms with van der Waals surface area (Å²) in [5.41, 5.74) is 3.37. The van der Waals surface area contributed by atoms with Crippen molar-refractivity contribution in [2.24, 2.45) is 5.92 Å². The lowest BCUT2D eigenvalue weighted by Gasteiger charge is -2.37. The number of fused-ring (bicyclic) bond motifs is 5. The van der Waals surface area contributed by atoms with Crippen molar-refractivity contribution < 1.29 is 4.92 Å². The van der Waals surface area contributed by atoms with Gasteiger partial charge in [0.1, 0.15) is 0 Å². The molecule has 26 heavy (non-hydrogen) atoms. The van der Waals surface area contributed by atoms with Gasteiger partial charge in [0, 0.05) is 23.1 Å². The average Bonchev–Trinajstić information content (AvgIpc) is 3.17. The molecule has 3 unspecified atom stereocenters. The van der Waals surface area contributed by atoms with Gasteiger partial charge in [-0.1, -0.05) is 66.7 Å². The van der Waals surface area contributed by atoms with E-state index in [0.29, 0.717) is 11.8 Å². The van der Waals surface area contributed by atoms with Crippen molar-refractivity contribution in [3.8, 4) is 0 Å². The molecule has 1 aliphatic heterocycles. The minimum atomic E-state index is -0.271. The second-order valence-electron chi connectivity index (χ2n) is 7.04. The zero-order valence-corrected chi connectivity index (χ0v) is 14.1. The minimum Gasteiger partial charge on any atom is -0.377 e. The highest BCUT2D eigenvalue weighted by Gasteiger charge is 2.40. The summed E-state index contributed by atoms with van der Waals surface area (Å²) in [5.74, 6) is 0.588. The summed E-state index contributed by atoms with van der Waals surface area (Å²) in [4.78, 5) is 11.3. The molecular formula is C22H18N2O2. The first kappa shape index (κ1) is 15.1. The first-order valence-corrected chi connectivity index (χ1v) is 8.92. The highest BCUT2D eigenvalue weighted by Crippen LogP contribution is 2.52. The summed E-state index contributed by atoms with van der Waals surface area (Å²) in [6.07, 6.45) is 5.41. The quantitative estimate of drug-likeness (QED) is 0.376. The van der Waals surface area contributed by atoms with Gasteiger partial charge in [-0.2, -0.15) is 0 Å². The number of rotatable bonds is 2. The molecule has 0 saturated heterocycles. The van der Waals surface area contributed by atoms with Gasteiger partial charge in [-0.15, -0.1) is 0 Å². The molecule has 0 saturated carbocycles. The number of nitrogens with one attached hydrogen (secondary N) is 1. The summed E-state index contributed by atoms with van der Waals surface area (Å²) in [5, 5.41) is 17.6. The number of nitro benzene ring substituents is 1. The maximum Gasteiger partial charge on any atom is 0.274 e. The van der Waals surface area contributed by atoms with Crippen molar-refractivity contribution in [1.82, 2.24) is 0 Å². The molecular weight excluding hydrogens is 324 g/mol. The van der Waals surface area contributed by atoms with Crippen LogP contribution in [0, 0.1) is 16.0 Å². The van der Waals surface area contributed by atoms with E-state index in [0.717, 1.165) is 17.7 Å². The van der Waals surface area contributed by atoms with Crippen LogP contribution in [0.1, 0.15) is 29.5 Å². The van der Waals surface area contributed by atoms with E-state index < -0.39 is 0 Å². The molecule has 4 heteroatoms. The summed E-state index contributed by atoms with van der Waals surface area (Å²) in [7, 11) is 0. The highest BCUT2D eigenvalue weighted by molar-refractivity contribution is 5.96. The van der Waals surface area contributed by atoms with Gasteiger partial charge in [-0.25, -0.2) is 0 Å². The number of hydrogen-bond donors (Lipinski definition) is 1. The number of allylic oxidation sites excluding steroid dienone is 2. The molecule has 0 aromatic heterocycles. The summed E-state index contributed by atoms with van der Waals surface area (Å²) < 4.78 is 0. The Bertz CT molecular complexity index is 1060. The molecule has 1 aliphatic carbocycles. The summed E-state index contributed by atoms with van der Waals surface area (Å²) >= 11 is 0. The predicted octanol–water partition coefficient (Wildman–Crippen LogP) is 5.57. The fraction of sp³-hybridized carbons (Fsp3) is 0.182. The second kappa shape index (κ2) is 5.70. The van der Waals surface area contributed by atoms with Crippen LogP contribution in [-0.4, -0.2) is 4.92 Å². The van der Waals surface area contributed by atoms with Crippen molar-refractivity contribution in [2.45, 2.75) is 18.4 Å². The molecule has 1 heterocycles. The van der Waals surface area contributed by atoms with E-state index in [4.69, 9.17) is 0 Å². The van der Waals surface area contributed by atoms with Crippen LogP contribution < -0.4 is 5.32 Å². The summed E-state index contributed by atoms with van der Waals surface area (Å²) in [6, 6.07) is 19.7. The molecule has 3 aromatic rings. The van der Waals surface area contributed by atoms with Crippen LogP contribution in [0.3, 0.4) is 0 Å². The van der Waals surface area contributed by atoms with E-state index in [9.17, 15) is 10.1 Å². The van der Waals surface area contributed by atoms with Gasteiger partial charge < -0.3 is 5.32 Å². The van der Waals surface area contributed by atoms with Gasteiger partial charge in [0.25, 0.3) is 5.69 Å². The zero-order valence-electron chi connectivity index (χ0n) is 14.1. The molecule has 3 atom stereocenters. The smallest absolute Gasteiger partial charge is 0.274 e. The van der Waals surface area contributed by atoms with E-state index in [2.05, 4.69) is 41.7 Å². The standard InChI is InChI=1S/C22H18N2O2/c25-24(26)20-11-4-3-8-19(20)22-17-10-5-9-16(17)18-13-12-14-6-1-2-7-15(14)21(18)23-22/h1-9,11-13,16-17,22-23H,10H2. The molecule has 128 valence electrons. The fourth-order valence-electron chi connectivity index (χ4n) is 4.56. The third kappa shape index (κ3) is 2.15. The van der Waals surface area contributed by atoms with Gasteiger partial charge >= 0.3 is 0 Å². The predicted molar refractivity (Wildman–Crippen MR) is 103 cm³/mol. The van der Waals surface area contributed by atoms with Crippen molar-refractivity contribution >= 4 is 22.1 Å². The van der Waals surface area contributed by atoms with Crippen LogP contribution in [0.4, 0.5) is 11.4 Å². The number of nitro groups is 1. The number of nitrogens with zero attached hydrogens (tertiary/aromatic N) is 1. The van der Waals surface area contributed by atoms with Crippen molar-refractivity contribution in [2.75, 3.05) is 5.32 Å². The minimum absolute atomic E-state index is 0.0742. The Hall–Kier alpha value is -3.14. The Morgan fingerprint density at radius 3 is 2.65 bits per heavy atom. The molecule has 4 nitrogen and oxygen atoms in total. The second-order valence-corrected chi connectivity index (χ2v) is 7.04. The number of anilines is 1. The largest absolute Gasteiger partial charge is 0.377 e. The average molecular weight is 342 g/mol. The third-order valence-corrected chi connectivity index (χ3v) is 5.73. The van der Waals surface area contributed by atoms with Crippen LogP contribution in [0.15, 0.2) is 72.8 Å². The molecule has 5 rings (SSSR count). The molecule has 0 spiro atoms. The Balaban J connectivity index is 1.72. The Morgan fingerprint density at radius 1 is 0.962 bits per heavy atom. The maximum absolute atomic E-state index is 11.6. The van der Waals surface area contributed by atoms with Gasteiger partial charge in [0.2, 0.25) is 0 Å². The van der Waals surface area contributed by atoms with Gasteiger partial charge in [0.15, 0.2) is 0 Å². The monoisotopic (exact) mass is 342 g/mol. The van der Waals surface area contributed by atoms with Gasteiger partial charge in [-0.05, 0) is 23.3 Å². The Labute approximate surface area is 151 Å².